The minimum absolute atomic E-state index is 0.243. The Morgan fingerprint density at radius 1 is 1.00 bits per heavy atom. The summed E-state index contributed by atoms with van der Waals surface area (Å²) in [7, 11) is 1.62. The normalized spacial score (nSPS) is 15.6. The molecule has 2 aromatic carbocycles. The number of carbonyl (C=O) groups excluding carboxylic acids is 2. The van der Waals surface area contributed by atoms with Crippen LogP contribution in [0.3, 0.4) is 0 Å². The summed E-state index contributed by atoms with van der Waals surface area (Å²) < 4.78 is 30.6. The van der Waals surface area contributed by atoms with Gasteiger partial charge >= 0.3 is 0 Å². The van der Waals surface area contributed by atoms with Gasteiger partial charge in [-0.2, -0.15) is 4.98 Å². The molecule has 2 aromatic rings. The Labute approximate surface area is 216 Å². The number of aromatic nitrogens is 3. The second kappa shape index (κ2) is 9.02. The predicted molar refractivity (Wildman–Crippen MR) is 137 cm³/mol. The lowest BCUT2D eigenvalue weighted by Gasteiger charge is -2.18. The van der Waals surface area contributed by atoms with E-state index >= 15 is 4.39 Å². The zero-order valence-corrected chi connectivity index (χ0v) is 20.4. The number of rotatable bonds is 5. The molecule has 11 heteroatoms. The second-order valence-corrected chi connectivity index (χ2v) is 9.35. The molecule has 1 fully saturated rings. The zero-order chi connectivity index (χ0) is 26.4. The number of carbonyl (C=O) groups is 2. The van der Waals surface area contributed by atoms with E-state index in [1.165, 1.54) is 30.3 Å². The minimum Gasteiger partial charge on any atom is -0.369 e. The number of amides is 2. The number of hydrogen-bond acceptors (Lipinski definition) is 6. The van der Waals surface area contributed by atoms with Gasteiger partial charge in [0, 0.05) is 54.4 Å². The van der Waals surface area contributed by atoms with Gasteiger partial charge in [0.1, 0.15) is 28.7 Å². The smallest absolute Gasteiger partial charge is 0.246 e. The number of hydrogen-bond donors (Lipinski definition) is 3. The summed E-state index contributed by atoms with van der Waals surface area (Å²) in [4.78, 5) is 38.6. The molecule has 3 aliphatic heterocycles. The van der Waals surface area contributed by atoms with Gasteiger partial charge in [0.25, 0.3) is 0 Å². The molecule has 6 rings (SSSR count). The van der Waals surface area contributed by atoms with Gasteiger partial charge in [-0.15, -0.1) is 0 Å². The fourth-order valence-electron chi connectivity index (χ4n) is 4.70. The van der Waals surface area contributed by atoms with Crippen LogP contribution in [0.25, 0.3) is 22.5 Å². The van der Waals surface area contributed by atoms with Crippen LogP contribution >= 0.6 is 0 Å². The van der Waals surface area contributed by atoms with E-state index in [-0.39, 0.29) is 5.69 Å². The highest BCUT2D eigenvalue weighted by Gasteiger charge is 2.56. The van der Waals surface area contributed by atoms with Crippen molar-refractivity contribution in [3.05, 3.63) is 72.0 Å². The van der Waals surface area contributed by atoms with Crippen LogP contribution < -0.4 is 21.6 Å². The second-order valence-electron chi connectivity index (χ2n) is 9.35. The molecule has 9 nitrogen and oxygen atoms in total. The summed E-state index contributed by atoms with van der Waals surface area (Å²) in [5.74, 6) is -0.492. The molecule has 0 aromatic heterocycles. The van der Waals surface area contributed by atoms with Crippen molar-refractivity contribution in [2.24, 2.45) is 10.4 Å². The lowest BCUT2D eigenvalue weighted by atomic mass is 10.0. The first-order valence-corrected chi connectivity index (χ1v) is 12.1. The van der Waals surface area contributed by atoms with E-state index in [0.717, 1.165) is 11.4 Å². The van der Waals surface area contributed by atoms with Crippen molar-refractivity contribution in [2.75, 3.05) is 29.5 Å². The Balaban J connectivity index is 1.25. The van der Waals surface area contributed by atoms with E-state index in [1.807, 2.05) is 10.6 Å². The van der Waals surface area contributed by atoms with Crippen LogP contribution in [0.2, 0.25) is 0 Å². The molecule has 192 valence electrons. The number of anilines is 3. The SMILES string of the molecule is CN=c1ncc2cc(-c3ccc(NC(=O)C4(C(=O)Nc5ccc(F)cc5)CC4)cc3F)c3n(c-2n1)CCN3. The van der Waals surface area contributed by atoms with Crippen LogP contribution in [0.4, 0.5) is 26.0 Å². The largest absolute Gasteiger partial charge is 0.369 e. The van der Waals surface area contributed by atoms with Gasteiger partial charge in [-0.25, -0.2) is 13.8 Å². The summed E-state index contributed by atoms with van der Waals surface area (Å²) in [6, 6.07) is 11.6. The summed E-state index contributed by atoms with van der Waals surface area (Å²) in [5, 5.41) is 8.65. The molecule has 0 spiro atoms. The number of nitrogens with zero attached hydrogens (tertiary/aromatic N) is 4. The number of pyridine rings is 1. The van der Waals surface area contributed by atoms with Crippen molar-refractivity contribution < 1.29 is 18.4 Å². The van der Waals surface area contributed by atoms with Crippen molar-refractivity contribution in [3.63, 3.8) is 0 Å². The molecule has 2 amide bonds. The van der Waals surface area contributed by atoms with E-state index in [0.29, 0.717) is 54.2 Å². The molecule has 1 aliphatic carbocycles. The van der Waals surface area contributed by atoms with Gasteiger partial charge in [-0.1, -0.05) is 0 Å². The first-order chi connectivity index (χ1) is 18.4. The molecular formula is C27H23F2N7O2. The molecule has 0 saturated heterocycles. The molecule has 3 heterocycles. The molecule has 0 atom stereocenters. The standard InChI is InChI=1S/C27H23F2N7O2/c1-30-26-32-14-15-12-20(23-31-10-11-36(23)22(15)35-26)19-7-6-18(13-21(19)29)34-25(38)27(8-9-27)24(37)33-17-4-2-16(28)3-5-17/h2-7,12-14,31H,8-11H2,1H3,(H,33,37)(H,34,38). The summed E-state index contributed by atoms with van der Waals surface area (Å²) in [6.07, 6.45) is 2.40. The molecule has 0 bridgehead atoms. The molecular weight excluding hydrogens is 492 g/mol. The third-order valence-electron chi connectivity index (χ3n) is 6.93. The van der Waals surface area contributed by atoms with Gasteiger partial charge in [-0.3, -0.25) is 14.6 Å². The van der Waals surface area contributed by atoms with Crippen molar-refractivity contribution in [2.45, 2.75) is 19.4 Å². The van der Waals surface area contributed by atoms with Gasteiger partial charge in [-0.05, 0) is 61.4 Å². The Hall–Kier alpha value is -4.67. The fraction of sp³-hybridized carbons (Fsp3) is 0.222. The maximum Gasteiger partial charge on any atom is 0.246 e. The monoisotopic (exact) mass is 515 g/mol. The van der Waals surface area contributed by atoms with Crippen LogP contribution in [0, 0.1) is 17.0 Å². The van der Waals surface area contributed by atoms with Gasteiger partial charge < -0.3 is 20.5 Å². The maximum atomic E-state index is 15.4. The highest BCUT2D eigenvalue weighted by molar-refractivity contribution is 6.17. The Morgan fingerprint density at radius 2 is 1.71 bits per heavy atom. The highest BCUT2D eigenvalue weighted by atomic mass is 19.1. The molecule has 0 radical (unpaired) electrons. The average molecular weight is 516 g/mol. The van der Waals surface area contributed by atoms with Crippen LogP contribution in [0.15, 0.2) is 59.7 Å². The lowest BCUT2D eigenvalue weighted by Crippen LogP contribution is -2.35. The fourth-order valence-corrected chi connectivity index (χ4v) is 4.70. The zero-order valence-electron chi connectivity index (χ0n) is 20.4. The van der Waals surface area contributed by atoms with Crippen LogP contribution in [0.5, 0.6) is 0 Å². The van der Waals surface area contributed by atoms with Crippen LogP contribution in [-0.4, -0.2) is 39.9 Å². The molecule has 38 heavy (non-hydrogen) atoms. The van der Waals surface area contributed by atoms with Gasteiger partial charge in [0.05, 0.1) is 0 Å². The van der Waals surface area contributed by atoms with E-state index < -0.39 is 28.9 Å². The minimum atomic E-state index is -1.24. The van der Waals surface area contributed by atoms with Crippen LogP contribution in [0.1, 0.15) is 12.8 Å². The van der Waals surface area contributed by atoms with Gasteiger partial charge in [0.2, 0.25) is 17.4 Å². The van der Waals surface area contributed by atoms with Crippen molar-refractivity contribution >= 4 is 29.0 Å². The topological polar surface area (TPSA) is 113 Å². The van der Waals surface area contributed by atoms with Gasteiger partial charge in [0.15, 0.2) is 0 Å². The van der Waals surface area contributed by atoms with Crippen molar-refractivity contribution in [3.8, 4) is 22.5 Å². The molecule has 0 unspecified atom stereocenters. The number of halogens is 2. The average Bonchev–Trinajstić information content (AvgIpc) is 3.59. The quantitative estimate of drug-likeness (QED) is 0.351. The van der Waals surface area contributed by atoms with Crippen molar-refractivity contribution in [1.29, 1.82) is 0 Å². The summed E-state index contributed by atoms with van der Waals surface area (Å²) in [5.41, 5.74) is 1.51. The summed E-state index contributed by atoms with van der Waals surface area (Å²) in [6.45, 7) is 1.34. The molecule has 3 N–H and O–H groups in total. The summed E-state index contributed by atoms with van der Waals surface area (Å²) >= 11 is 0. The highest BCUT2D eigenvalue weighted by Crippen LogP contribution is 2.47. The molecule has 1 saturated carbocycles. The van der Waals surface area contributed by atoms with E-state index in [1.54, 1.807) is 25.4 Å². The Kier molecular flexibility index (Phi) is 5.63. The first-order valence-electron chi connectivity index (χ1n) is 12.1. The number of benzene rings is 2. The van der Waals surface area contributed by atoms with E-state index in [4.69, 9.17) is 0 Å². The third-order valence-corrected chi connectivity index (χ3v) is 6.93. The maximum absolute atomic E-state index is 15.4. The third kappa shape index (κ3) is 4.05. The lowest BCUT2D eigenvalue weighted by molar-refractivity contribution is -0.131. The number of nitrogens with one attached hydrogen (secondary N) is 3. The number of fused-ring (bicyclic) bond motifs is 3. The van der Waals surface area contributed by atoms with Crippen molar-refractivity contribution in [1.82, 2.24) is 14.5 Å². The van der Waals surface area contributed by atoms with Crippen LogP contribution in [-0.2, 0) is 16.1 Å². The van der Waals surface area contributed by atoms with E-state index in [2.05, 4.69) is 30.9 Å². The first kappa shape index (κ1) is 23.7. The Bertz CT molecular complexity index is 1630. The molecule has 4 aliphatic rings. The predicted octanol–water partition coefficient (Wildman–Crippen LogP) is 3.64. The van der Waals surface area contributed by atoms with E-state index in [9.17, 15) is 14.0 Å². The Morgan fingerprint density at radius 3 is 2.39 bits per heavy atom.